The first-order valence-corrected chi connectivity index (χ1v) is 10.0. The van der Waals surface area contributed by atoms with Gasteiger partial charge in [0.1, 0.15) is 11.6 Å². The molecule has 30 heavy (non-hydrogen) atoms. The monoisotopic (exact) mass is 406 g/mol. The fourth-order valence-corrected chi connectivity index (χ4v) is 3.58. The molecule has 1 unspecified atom stereocenters. The Kier molecular flexibility index (Phi) is 5.61. The van der Waals surface area contributed by atoms with Crippen LogP contribution in [-0.4, -0.2) is 34.3 Å². The lowest BCUT2D eigenvalue weighted by Crippen LogP contribution is -2.42. The quantitative estimate of drug-likeness (QED) is 0.674. The summed E-state index contributed by atoms with van der Waals surface area (Å²) >= 11 is 0. The molecule has 154 valence electrons. The van der Waals surface area contributed by atoms with E-state index in [-0.39, 0.29) is 17.8 Å². The third-order valence-electron chi connectivity index (χ3n) is 5.16. The molecular formula is C22H23FN6O. The first-order chi connectivity index (χ1) is 14.5. The van der Waals surface area contributed by atoms with Crippen molar-refractivity contribution >= 4 is 11.5 Å². The molecule has 1 atom stereocenters. The van der Waals surface area contributed by atoms with Gasteiger partial charge in [-0.15, -0.1) is 0 Å². The summed E-state index contributed by atoms with van der Waals surface area (Å²) in [6.07, 6.45) is 3.59. The van der Waals surface area contributed by atoms with Crippen molar-refractivity contribution in [1.29, 1.82) is 5.26 Å². The summed E-state index contributed by atoms with van der Waals surface area (Å²) < 4.78 is 19.8. The number of nitriles is 1. The van der Waals surface area contributed by atoms with Gasteiger partial charge >= 0.3 is 0 Å². The van der Waals surface area contributed by atoms with E-state index in [1.54, 1.807) is 18.3 Å². The minimum Gasteiger partial charge on any atom is -0.367 e. The molecule has 3 aromatic rings. The molecule has 8 heteroatoms. The SMILES string of the molecule is CC(C)c1noc(-c2ccnc(NC3CCCN(c4ccc(C#N)cc4F)C3)c2)n1. The Hall–Kier alpha value is -3.47. The van der Waals surface area contributed by atoms with Gasteiger partial charge in [-0.1, -0.05) is 19.0 Å². The topological polar surface area (TPSA) is 90.9 Å². The van der Waals surface area contributed by atoms with Gasteiger partial charge < -0.3 is 14.7 Å². The van der Waals surface area contributed by atoms with Crippen molar-refractivity contribution in [2.75, 3.05) is 23.3 Å². The van der Waals surface area contributed by atoms with Gasteiger partial charge in [0.15, 0.2) is 5.82 Å². The molecule has 0 radical (unpaired) electrons. The highest BCUT2D eigenvalue weighted by Gasteiger charge is 2.23. The number of hydrogen-bond donors (Lipinski definition) is 1. The number of aromatic nitrogens is 3. The maximum absolute atomic E-state index is 14.4. The zero-order valence-corrected chi connectivity index (χ0v) is 17.0. The van der Waals surface area contributed by atoms with Crippen LogP contribution in [0.3, 0.4) is 0 Å². The Morgan fingerprint density at radius 2 is 2.17 bits per heavy atom. The zero-order valence-electron chi connectivity index (χ0n) is 17.0. The summed E-state index contributed by atoms with van der Waals surface area (Å²) in [5.41, 5.74) is 1.65. The van der Waals surface area contributed by atoms with Crippen molar-refractivity contribution in [3.8, 4) is 17.5 Å². The molecule has 0 spiro atoms. The second-order valence-electron chi connectivity index (χ2n) is 7.75. The molecule has 0 aliphatic carbocycles. The van der Waals surface area contributed by atoms with Gasteiger partial charge in [0.25, 0.3) is 5.89 Å². The van der Waals surface area contributed by atoms with Crippen molar-refractivity contribution in [2.24, 2.45) is 0 Å². The van der Waals surface area contributed by atoms with Crippen LogP contribution in [0.2, 0.25) is 0 Å². The summed E-state index contributed by atoms with van der Waals surface area (Å²) in [6.45, 7) is 5.45. The van der Waals surface area contributed by atoms with Crippen LogP contribution in [0.4, 0.5) is 15.9 Å². The Labute approximate surface area is 174 Å². The lowest BCUT2D eigenvalue weighted by atomic mass is 10.0. The highest BCUT2D eigenvalue weighted by Crippen LogP contribution is 2.26. The largest absolute Gasteiger partial charge is 0.367 e. The number of anilines is 2. The Morgan fingerprint density at radius 3 is 2.90 bits per heavy atom. The van der Waals surface area contributed by atoms with Crippen LogP contribution in [-0.2, 0) is 0 Å². The van der Waals surface area contributed by atoms with Crippen LogP contribution in [0.25, 0.3) is 11.5 Å². The average Bonchev–Trinajstić information content (AvgIpc) is 3.25. The van der Waals surface area contributed by atoms with E-state index < -0.39 is 0 Å². The average molecular weight is 406 g/mol. The van der Waals surface area contributed by atoms with Crippen molar-refractivity contribution in [1.82, 2.24) is 15.1 Å². The van der Waals surface area contributed by atoms with Gasteiger partial charge in [0, 0.05) is 36.8 Å². The highest BCUT2D eigenvalue weighted by molar-refractivity contribution is 5.58. The van der Waals surface area contributed by atoms with Crippen LogP contribution in [0, 0.1) is 17.1 Å². The molecule has 0 amide bonds. The first kappa shape index (κ1) is 19.8. The number of halogens is 1. The van der Waals surface area contributed by atoms with Crippen LogP contribution in [0.15, 0.2) is 41.1 Å². The van der Waals surface area contributed by atoms with E-state index in [1.165, 1.54) is 6.07 Å². The van der Waals surface area contributed by atoms with Gasteiger partial charge in [-0.3, -0.25) is 0 Å². The Morgan fingerprint density at radius 1 is 1.30 bits per heavy atom. The minimum atomic E-state index is -0.368. The molecule has 0 bridgehead atoms. The number of pyridine rings is 1. The number of rotatable bonds is 5. The minimum absolute atomic E-state index is 0.116. The summed E-state index contributed by atoms with van der Waals surface area (Å²) in [6, 6.07) is 10.4. The lowest BCUT2D eigenvalue weighted by Gasteiger charge is -2.35. The highest BCUT2D eigenvalue weighted by atomic mass is 19.1. The predicted molar refractivity (Wildman–Crippen MR) is 112 cm³/mol. The van der Waals surface area contributed by atoms with Gasteiger partial charge in [-0.05, 0) is 43.2 Å². The van der Waals surface area contributed by atoms with Crippen molar-refractivity contribution in [3.05, 3.63) is 53.7 Å². The van der Waals surface area contributed by atoms with E-state index >= 15 is 0 Å². The number of piperidine rings is 1. The summed E-state index contributed by atoms with van der Waals surface area (Å²) in [5.74, 6) is 1.67. The molecule has 4 rings (SSSR count). The fraction of sp³-hybridized carbons (Fsp3) is 0.364. The van der Waals surface area contributed by atoms with Crippen LogP contribution in [0.1, 0.15) is 44.0 Å². The smallest absolute Gasteiger partial charge is 0.258 e. The molecule has 1 N–H and O–H groups in total. The van der Waals surface area contributed by atoms with E-state index in [9.17, 15) is 4.39 Å². The van der Waals surface area contributed by atoms with Crippen LogP contribution < -0.4 is 10.2 Å². The maximum Gasteiger partial charge on any atom is 0.258 e. The van der Waals surface area contributed by atoms with Gasteiger partial charge in [0.05, 0.1) is 17.3 Å². The van der Waals surface area contributed by atoms with E-state index in [4.69, 9.17) is 9.78 Å². The molecule has 2 aromatic heterocycles. The van der Waals surface area contributed by atoms with E-state index in [1.807, 2.05) is 36.9 Å². The second kappa shape index (κ2) is 8.49. The molecule has 1 aliphatic heterocycles. The van der Waals surface area contributed by atoms with Crippen molar-refractivity contribution < 1.29 is 8.91 Å². The molecule has 0 saturated carbocycles. The number of benzene rings is 1. The summed E-state index contributed by atoms with van der Waals surface area (Å²) in [7, 11) is 0. The number of nitrogens with one attached hydrogen (secondary N) is 1. The third-order valence-corrected chi connectivity index (χ3v) is 5.16. The third kappa shape index (κ3) is 4.25. The molecule has 3 heterocycles. The van der Waals surface area contributed by atoms with Gasteiger partial charge in [-0.25, -0.2) is 9.37 Å². The molecule has 7 nitrogen and oxygen atoms in total. The summed E-state index contributed by atoms with van der Waals surface area (Å²) in [5, 5.41) is 16.4. The first-order valence-electron chi connectivity index (χ1n) is 10.0. The van der Waals surface area contributed by atoms with Gasteiger partial charge in [0.2, 0.25) is 0 Å². The van der Waals surface area contributed by atoms with Gasteiger partial charge in [-0.2, -0.15) is 10.2 Å². The Balaban J connectivity index is 1.47. The Bertz CT molecular complexity index is 1070. The van der Waals surface area contributed by atoms with Crippen molar-refractivity contribution in [2.45, 2.75) is 38.6 Å². The van der Waals surface area contributed by atoms with E-state index in [0.717, 1.165) is 24.9 Å². The molecular weight excluding hydrogens is 383 g/mol. The lowest BCUT2D eigenvalue weighted by molar-refractivity contribution is 0.419. The zero-order chi connectivity index (χ0) is 21.1. The van der Waals surface area contributed by atoms with E-state index in [0.29, 0.717) is 35.3 Å². The normalized spacial score (nSPS) is 16.5. The number of nitrogens with zero attached hydrogens (tertiary/aromatic N) is 5. The molecule has 1 aromatic carbocycles. The van der Waals surface area contributed by atoms with Crippen LogP contribution in [0.5, 0.6) is 0 Å². The maximum atomic E-state index is 14.4. The van der Waals surface area contributed by atoms with Crippen molar-refractivity contribution in [3.63, 3.8) is 0 Å². The standard InChI is InChI=1S/C22H23FN6O/c1-14(2)21-27-22(30-28-21)16-7-8-25-20(11-16)26-17-4-3-9-29(13-17)19-6-5-15(12-24)10-18(19)23/h5-8,10-11,14,17H,3-4,9,13H2,1-2H3,(H,25,26). The molecule has 1 saturated heterocycles. The fourth-order valence-electron chi connectivity index (χ4n) is 3.58. The second-order valence-corrected chi connectivity index (χ2v) is 7.75. The predicted octanol–water partition coefficient (Wildman–Crippen LogP) is 4.35. The van der Waals surface area contributed by atoms with Crippen LogP contribution >= 0.6 is 0 Å². The number of hydrogen-bond acceptors (Lipinski definition) is 7. The molecule has 1 fully saturated rings. The molecule has 1 aliphatic rings. The summed E-state index contributed by atoms with van der Waals surface area (Å²) in [4.78, 5) is 10.9. The van der Waals surface area contributed by atoms with E-state index in [2.05, 4.69) is 20.4 Å².